The van der Waals surface area contributed by atoms with E-state index in [2.05, 4.69) is 89.1 Å². The average Bonchev–Trinajstić information content (AvgIpc) is 3.02. The number of para-hydroxylation sites is 1. The van der Waals surface area contributed by atoms with Crippen LogP contribution in [0.3, 0.4) is 0 Å². The Hall–Kier alpha value is -1.87. The van der Waals surface area contributed by atoms with Gasteiger partial charge in [-0.15, -0.1) is 0 Å². The fourth-order valence-electron chi connectivity index (χ4n) is 4.68. The van der Waals surface area contributed by atoms with Crippen LogP contribution < -0.4 is 0 Å². The van der Waals surface area contributed by atoms with Crippen LogP contribution in [0.2, 0.25) is 0 Å². The molecule has 0 N–H and O–H groups in total. The van der Waals surface area contributed by atoms with E-state index in [-0.39, 0.29) is 0 Å². The van der Waals surface area contributed by atoms with Gasteiger partial charge in [0.2, 0.25) is 0 Å². The molecular formula is C22H21BrN2. The van der Waals surface area contributed by atoms with Gasteiger partial charge in [0.15, 0.2) is 0 Å². The Morgan fingerprint density at radius 2 is 1.76 bits per heavy atom. The highest BCUT2D eigenvalue weighted by atomic mass is 79.9. The van der Waals surface area contributed by atoms with E-state index in [0.29, 0.717) is 11.3 Å². The molecule has 3 heteroatoms. The zero-order valence-corrected chi connectivity index (χ0v) is 16.1. The van der Waals surface area contributed by atoms with Crippen molar-refractivity contribution in [2.75, 3.05) is 0 Å². The van der Waals surface area contributed by atoms with Crippen molar-refractivity contribution in [2.24, 2.45) is 11.3 Å². The molecule has 3 aliphatic rings. The highest BCUT2D eigenvalue weighted by Gasteiger charge is 2.54. The van der Waals surface area contributed by atoms with Crippen molar-refractivity contribution >= 4 is 15.9 Å². The first-order valence-electron chi connectivity index (χ1n) is 8.99. The lowest BCUT2D eigenvalue weighted by Gasteiger charge is -2.55. The SMILES string of the molecule is CC1(C)C2Cc3c(nn(-c4ccccc4)c3-c3ccc(Br)cc3)C1C2. The molecule has 0 radical (unpaired) electrons. The molecule has 2 nitrogen and oxygen atoms in total. The predicted molar refractivity (Wildman–Crippen MR) is 105 cm³/mol. The number of benzene rings is 2. The number of halogens is 1. The van der Waals surface area contributed by atoms with Crippen molar-refractivity contribution < 1.29 is 0 Å². The molecule has 1 aromatic heterocycles. The van der Waals surface area contributed by atoms with Gasteiger partial charge in [-0.05, 0) is 48.4 Å². The summed E-state index contributed by atoms with van der Waals surface area (Å²) in [4.78, 5) is 0. The number of hydrogen-bond donors (Lipinski definition) is 0. The molecule has 0 amide bonds. The summed E-state index contributed by atoms with van der Waals surface area (Å²) in [5, 5.41) is 5.14. The van der Waals surface area contributed by atoms with Gasteiger partial charge in [0.05, 0.1) is 17.1 Å². The molecular weight excluding hydrogens is 372 g/mol. The summed E-state index contributed by atoms with van der Waals surface area (Å²) >= 11 is 3.56. The standard InChI is InChI=1S/C22H21BrN2/c1-22(2)15-12-18-20(19(22)13-15)24-25(17-6-4-3-5-7-17)21(18)14-8-10-16(23)11-9-14/h3-11,15,19H,12-13H2,1-2H3. The molecule has 2 atom stereocenters. The quantitative estimate of drug-likeness (QED) is 0.523. The third-order valence-electron chi connectivity index (χ3n) is 6.38. The molecule has 1 saturated carbocycles. The summed E-state index contributed by atoms with van der Waals surface area (Å²) in [6.07, 6.45) is 2.45. The minimum absolute atomic E-state index is 0.389. The fourth-order valence-corrected chi connectivity index (χ4v) is 4.95. The van der Waals surface area contributed by atoms with Gasteiger partial charge in [0.25, 0.3) is 0 Å². The summed E-state index contributed by atoms with van der Waals surface area (Å²) in [7, 11) is 0. The largest absolute Gasteiger partial charge is 0.233 e. The second-order valence-electron chi connectivity index (χ2n) is 7.98. The van der Waals surface area contributed by atoms with Gasteiger partial charge in [0, 0.05) is 21.5 Å². The van der Waals surface area contributed by atoms with Gasteiger partial charge >= 0.3 is 0 Å². The lowest BCUT2D eigenvalue weighted by molar-refractivity contribution is 0.0163. The normalized spacial score (nSPS) is 23.0. The van der Waals surface area contributed by atoms with Crippen molar-refractivity contribution in [1.82, 2.24) is 9.78 Å². The highest BCUT2D eigenvalue weighted by Crippen LogP contribution is 2.62. The van der Waals surface area contributed by atoms with E-state index in [4.69, 9.17) is 5.10 Å². The van der Waals surface area contributed by atoms with E-state index in [1.54, 1.807) is 0 Å². The van der Waals surface area contributed by atoms with Crippen molar-refractivity contribution in [1.29, 1.82) is 0 Å². The molecule has 2 bridgehead atoms. The van der Waals surface area contributed by atoms with Gasteiger partial charge in [-0.1, -0.05) is 60.1 Å². The smallest absolute Gasteiger partial charge is 0.0776 e. The molecule has 0 aliphatic heterocycles. The summed E-state index contributed by atoms with van der Waals surface area (Å²) in [5.41, 5.74) is 6.85. The molecule has 0 spiro atoms. The van der Waals surface area contributed by atoms with Crippen LogP contribution >= 0.6 is 15.9 Å². The molecule has 3 aromatic rings. The molecule has 0 saturated heterocycles. The number of nitrogens with zero attached hydrogens (tertiary/aromatic N) is 2. The average molecular weight is 393 g/mol. The van der Waals surface area contributed by atoms with Crippen LogP contribution in [0.25, 0.3) is 16.9 Å². The van der Waals surface area contributed by atoms with Crippen molar-refractivity contribution in [3.8, 4) is 16.9 Å². The Kier molecular flexibility index (Phi) is 3.27. The fraction of sp³-hybridized carbons (Fsp3) is 0.318. The maximum absolute atomic E-state index is 5.14. The predicted octanol–water partition coefficient (Wildman–Crippen LogP) is 5.99. The van der Waals surface area contributed by atoms with E-state index in [1.165, 1.54) is 28.9 Å². The van der Waals surface area contributed by atoms with Crippen molar-refractivity contribution in [3.05, 3.63) is 70.3 Å². The van der Waals surface area contributed by atoms with Crippen molar-refractivity contribution in [3.63, 3.8) is 0 Å². The van der Waals surface area contributed by atoms with E-state index in [0.717, 1.165) is 22.5 Å². The van der Waals surface area contributed by atoms with Crippen LogP contribution in [0.15, 0.2) is 59.1 Å². The van der Waals surface area contributed by atoms with Crippen LogP contribution in [0.1, 0.15) is 37.4 Å². The second kappa shape index (κ2) is 5.31. The highest BCUT2D eigenvalue weighted by molar-refractivity contribution is 9.10. The molecule has 126 valence electrons. The zero-order chi connectivity index (χ0) is 17.2. The topological polar surface area (TPSA) is 17.8 Å². The minimum atomic E-state index is 0.389. The number of hydrogen-bond acceptors (Lipinski definition) is 1. The first kappa shape index (κ1) is 15.4. The Morgan fingerprint density at radius 3 is 2.44 bits per heavy atom. The maximum atomic E-state index is 5.14. The van der Waals surface area contributed by atoms with Crippen LogP contribution in [-0.2, 0) is 6.42 Å². The Balaban J connectivity index is 1.75. The third kappa shape index (κ3) is 2.18. The van der Waals surface area contributed by atoms with Gasteiger partial charge in [-0.25, -0.2) is 4.68 Å². The maximum Gasteiger partial charge on any atom is 0.0776 e. The molecule has 1 fully saturated rings. The first-order chi connectivity index (χ1) is 12.1. The lowest BCUT2D eigenvalue weighted by atomic mass is 9.48. The van der Waals surface area contributed by atoms with E-state index >= 15 is 0 Å². The lowest BCUT2D eigenvalue weighted by Crippen LogP contribution is -2.48. The Bertz CT molecular complexity index is 938. The van der Waals surface area contributed by atoms with Gasteiger partial charge < -0.3 is 0 Å². The van der Waals surface area contributed by atoms with Crippen LogP contribution in [0.4, 0.5) is 0 Å². The molecule has 3 aliphatic carbocycles. The van der Waals surface area contributed by atoms with Crippen LogP contribution in [0, 0.1) is 11.3 Å². The number of rotatable bonds is 2. The Labute approximate surface area is 157 Å². The molecule has 2 aromatic carbocycles. The molecule has 2 unspecified atom stereocenters. The van der Waals surface area contributed by atoms with Crippen LogP contribution in [0.5, 0.6) is 0 Å². The molecule has 1 heterocycles. The van der Waals surface area contributed by atoms with E-state index in [1.807, 2.05) is 0 Å². The Morgan fingerprint density at radius 1 is 1.04 bits per heavy atom. The molecule has 6 rings (SSSR count). The third-order valence-corrected chi connectivity index (χ3v) is 6.91. The summed E-state index contributed by atoms with van der Waals surface area (Å²) < 4.78 is 3.28. The first-order valence-corrected chi connectivity index (χ1v) is 9.78. The van der Waals surface area contributed by atoms with Crippen molar-refractivity contribution in [2.45, 2.75) is 32.6 Å². The van der Waals surface area contributed by atoms with Gasteiger partial charge in [-0.3, -0.25) is 0 Å². The zero-order valence-electron chi connectivity index (χ0n) is 14.5. The summed E-state index contributed by atoms with van der Waals surface area (Å²) in [6.45, 7) is 4.82. The van der Waals surface area contributed by atoms with Gasteiger partial charge in [-0.2, -0.15) is 5.10 Å². The van der Waals surface area contributed by atoms with Gasteiger partial charge in [0.1, 0.15) is 0 Å². The summed E-state index contributed by atoms with van der Waals surface area (Å²) in [6, 6.07) is 19.2. The van der Waals surface area contributed by atoms with E-state index < -0.39 is 0 Å². The second-order valence-corrected chi connectivity index (χ2v) is 8.89. The minimum Gasteiger partial charge on any atom is -0.233 e. The molecule has 25 heavy (non-hydrogen) atoms. The monoisotopic (exact) mass is 392 g/mol. The van der Waals surface area contributed by atoms with E-state index in [9.17, 15) is 0 Å². The van der Waals surface area contributed by atoms with Crippen LogP contribution in [-0.4, -0.2) is 9.78 Å². The number of aromatic nitrogens is 2. The summed E-state index contributed by atoms with van der Waals surface area (Å²) in [5.74, 6) is 1.38.